The number of carboxylic acids is 1. The lowest BCUT2D eigenvalue weighted by molar-refractivity contribution is -0.142. The SMILES string of the molecule is CC(C(=O)O)N(C)Cc1cn2cc(Cl)cc(Cl)c2n1. The van der Waals surface area contributed by atoms with Gasteiger partial charge in [-0.3, -0.25) is 9.69 Å². The van der Waals surface area contributed by atoms with Gasteiger partial charge < -0.3 is 9.51 Å². The third kappa shape index (κ3) is 3.00. The summed E-state index contributed by atoms with van der Waals surface area (Å²) in [4.78, 5) is 17.0. The van der Waals surface area contributed by atoms with Crippen molar-refractivity contribution in [3.63, 3.8) is 0 Å². The Kier molecular flexibility index (Phi) is 3.99. The van der Waals surface area contributed by atoms with Crippen molar-refractivity contribution in [2.45, 2.75) is 19.5 Å². The molecule has 1 unspecified atom stereocenters. The molecule has 1 atom stereocenters. The fourth-order valence-corrected chi connectivity index (χ4v) is 2.26. The van der Waals surface area contributed by atoms with Crippen LogP contribution in [0.3, 0.4) is 0 Å². The zero-order chi connectivity index (χ0) is 14.2. The van der Waals surface area contributed by atoms with Crippen molar-refractivity contribution in [2.24, 2.45) is 0 Å². The Bertz CT molecular complexity index is 627. The van der Waals surface area contributed by atoms with Crippen LogP contribution in [0.1, 0.15) is 12.6 Å². The van der Waals surface area contributed by atoms with E-state index in [1.807, 2.05) is 0 Å². The zero-order valence-corrected chi connectivity index (χ0v) is 12.0. The second kappa shape index (κ2) is 5.36. The van der Waals surface area contributed by atoms with Crippen molar-refractivity contribution in [2.75, 3.05) is 7.05 Å². The molecule has 19 heavy (non-hydrogen) atoms. The molecule has 2 aromatic heterocycles. The first-order chi connectivity index (χ1) is 8.88. The van der Waals surface area contributed by atoms with Gasteiger partial charge in [0.1, 0.15) is 6.04 Å². The number of likely N-dealkylation sites (N-methyl/N-ethyl adjacent to an activating group) is 1. The molecule has 0 aliphatic rings. The predicted octanol–water partition coefficient (Wildman–Crippen LogP) is 2.55. The van der Waals surface area contributed by atoms with Crippen LogP contribution in [-0.4, -0.2) is 38.4 Å². The summed E-state index contributed by atoms with van der Waals surface area (Å²) in [6.45, 7) is 2.05. The monoisotopic (exact) mass is 301 g/mol. The number of carboxylic acid groups (broad SMARTS) is 1. The molecule has 0 bridgehead atoms. The maximum Gasteiger partial charge on any atom is 0.320 e. The van der Waals surface area contributed by atoms with E-state index in [0.29, 0.717) is 22.2 Å². The minimum Gasteiger partial charge on any atom is -0.480 e. The highest BCUT2D eigenvalue weighted by atomic mass is 35.5. The lowest BCUT2D eigenvalue weighted by atomic mass is 10.3. The molecule has 2 heterocycles. The van der Waals surface area contributed by atoms with Gasteiger partial charge in [-0.05, 0) is 20.0 Å². The molecule has 2 rings (SSSR count). The summed E-state index contributed by atoms with van der Waals surface area (Å²) >= 11 is 12.0. The van der Waals surface area contributed by atoms with Crippen molar-refractivity contribution < 1.29 is 9.90 Å². The number of pyridine rings is 1. The van der Waals surface area contributed by atoms with Crippen LogP contribution < -0.4 is 0 Å². The number of hydrogen-bond acceptors (Lipinski definition) is 3. The molecule has 7 heteroatoms. The number of carbonyl (C=O) groups is 1. The molecule has 0 amide bonds. The maximum atomic E-state index is 10.9. The molecule has 0 aliphatic carbocycles. The second-order valence-corrected chi connectivity index (χ2v) is 5.24. The summed E-state index contributed by atoms with van der Waals surface area (Å²) in [7, 11) is 1.73. The fourth-order valence-electron chi connectivity index (χ4n) is 1.73. The van der Waals surface area contributed by atoms with Crippen LogP contribution in [0.4, 0.5) is 0 Å². The minimum atomic E-state index is -0.868. The molecule has 0 saturated carbocycles. The number of rotatable bonds is 4. The third-order valence-electron chi connectivity index (χ3n) is 2.95. The number of hydrogen-bond donors (Lipinski definition) is 1. The van der Waals surface area contributed by atoms with Crippen LogP contribution >= 0.6 is 23.2 Å². The maximum absolute atomic E-state index is 10.9. The summed E-state index contributed by atoms with van der Waals surface area (Å²) in [5, 5.41) is 9.93. The highest BCUT2D eigenvalue weighted by Gasteiger charge is 2.18. The summed E-state index contributed by atoms with van der Waals surface area (Å²) in [5.74, 6) is -0.868. The number of imidazole rings is 1. The molecule has 102 valence electrons. The van der Waals surface area contributed by atoms with Crippen LogP contribution in [0.5, 0.6) is 0 Å². The zero-order valence-electron chi connectivity index (χ0n) is 10.5. The van der Waals surface area contributed by atoms with E-state index in [0.717, 1.165) is 5.69 Å². The van der Waals surface area contributed by atoms with Crippen LogP contribution in [0.2, 0.25) is 10.0 Å². The quantitative estimate of drug-likeness (QED) is 0.943. The molecule has 2 aromatic rings. The van der Waals surface area contributed by atoms with E-state index < -0.39 is 12.0 Å². The summed E-state index contributed by atoms with van der Waals surface area (Å²) in [5.41, 5.74) is 1.34. The Labute approximate surface area is 120 Å². The van der Waals surface area contributed by atoms with Gasteiger partial charge in [-0.2, -0.15) is 0 Å². The van der Waals surface area contributed by atoms with Crippen molar-refractivity contribution >= 4 is 34.8 Å². The molecule has 0 fully saturated rings. The third-order valence-corrected chi connectivity index (χ3v) is 3.44. The predicted molar refractivity (Wildman–Crippen MR) is 73.8 cm³/mol. The Hall–Kier alpha value is -1.30. The Morgan fingerprint density at radius 1 is 1.53 bits per heavy atom. The highest BCUT2D eigenvalue weighted by molar-refractivity contribution is 6.36. The standard InChI is InChI=1S/C12H13Cl2N3O2/c1-7(12(18)19)16(2)5-9-6-17-4-8(13)3-10(14)11(17)15-9/h3-4,6-7H,5H2,1-2H3,(H,18,19). The molecule has 0 radical (unpaired) electrons. The summed E-state index contributed by atoms with van der Waals surface area (Å²) in [6.07, 6.45) is 3.50. The van der Waals surface area contributed by atoms with E-state index in [2.05, 4.69) is 4.98 Å². The van der Waals surface area contributed by atoms with E-state index in [1.165, 1.54) is 0 Å². The largest absolute Gasteiger partial charge is 0.480 e. The van der Waals surface area contributed by atoms with Crippen molar-refractivity contribution in [3.05, 3.63) is 34.2 Å². The molecule has 1 N–H and O–H groups in total. The highest BCUT2D eigenvalue weighted by Crippen LogP contribution is 2.22. The smallest absolute Gasteiger partial charge is 0.320 e. The first-order valence-electron chi connectivity index (χ1n) is 5.64. The van der Waals surface area contributed by atoms with Gasteiger partial charge in [0.05, 0.1) is 15.7 Å². The average molecular weight is 302 g/mol. The van der Waals surface area contributed by atoms with Gasteiger partial charge in [0, 0.05) is 18.9 Å². The minimum absolute atomic E-state index is 0.420. The van der Waals surface area contributed by atoms with Crippen molar-refractivity contribution in [1.29, 1.82) is 0 Å². The molecule has 0 spiro atoms. The van der Waals surface area contributed by atoms with Gasteiger partial charge in [-0.25, -0.2) is 4.98 Å². The van der Waals surface area contributed by atoms with E-state index in [4.69, 9.17) is 28.3 Å². The molecule has 5 nitrogen and oxygen atoms in total. The van der Waals surface area contributed by atoms with E-state index >= 15 is 0 Å². The van der Waals surface area contributed by atoms with Gasteiger partial charge in [-0.15, -0.1) is 0 Å². The number of nitrogens with zero attached hydrogens (tertiary/aromatic N) is 3. The Morgan fingerprint density at radius 3 is 2.84 bits per heavy atom. The number of aliphatic carboxylic acids is 1. The van der Waals surface area contributed by atoms with Crippen LogP contribution in [0, 0.1) is 0 Å². The van der Waals surface area contributed by atoms with Gasteiger partial charge in [0.15, 0.2) is 5.65 Å². The van der Waals surface area contributed by atoms with Crippen molar-refractivity contribution in [1.82, 2.24) is 14.3 Å². The number of aromatic nitrogens is 2. The second-order valence-electron chi connectivity index (χ2n) is 4.40. The Balaban J connectivity index is 2.27. The molecule has 0 saturated heterocycles. The lowest BCUT2D eigenvalue weighted by Gasteiger charge is -2.19. The van der Waals surface area contributed by atoms with E-state index in [1.54, 1.807) is 41.7 Å². The normalized spacial score (nSPS) is 13.1. The van der Waals surface area contributed by atoms with Gasteiger partial charge >= 0.3 is 5.97 Å². The lowest BCUT2D eigenvalue weighted by Crippen LogP contribution is -2.35. The van der Waals surface area contributed by atoms with Gasteiger partial charge in [0.2, 0.25) is 0 Å². The molecule has 0 aliphatic heterocycles. The van der Waals surface area contributed by atoms with Gasteiger partial charge in [0.25, 0.3) is 0 Å². The first-order valence-corrected chi connectivity index (χ1v) is 6.39. The first kappa shape index (κ1) is 14.1. The van der Waals surface area contributed by atoms with E-state index in [9.17, 15) is 4.79 Å². The molecule has 0 aromatic carbocycles. The number of fused-ring (bicyclic) bond motifs is 1. The van der Waals surface area contributed by atoms with Crippen LogP contribution in [0.25, 0.3) is 5.65 Å². The summed E-state index contributed by atoms with van der Waals surface area (Å²) < 4.78 is 1.74. The Morgan fingerprint density at radius 2 is 2.21 bits per heavy atom. The molecular formula is C12H13Cl2N3O2. The van der Waals surface area contributed by atoms with Crippen LogP contribution in [-0.2, 0) is 11.3 Å². The molecular weight excluding hydrogens is 289 g/mol. The summed E-state index contributed by atoms with van der Waals surface area (Å²) in [6, 6.07) is 1.04. The van der Waals surface area contributed by atoms with Crippen LogP contribution in [0.15, 0.2) is 18.5 Å². The van der Waals surface area contributed by atoms with Crippen molar-refractivity contribution in [3.8, 4) is 0 Å². The van der Waals surface area contributed by atoms with Gasteiger partial charge in [-0.1, -0.05) is 23.2 Å². The number of halogens is 2. The average Bonchev–Trinajstić information content (AvgIpc) is 2.70. The van der Waals surface area contributed by atoms with E-state index in [-0.39, 0.29) is 0 Å². The fraction of sp³-hybridized carbons (Fsp3) is 0.333. The topological polar surface area (TPSA) is 57.8 Å².